The molecule has 2 aliphatic rings. The molecule has 264 valence electrons. The number of nitrogens with one attached hydrogen (secondary N) is 3. The fraction of sp³-hybridized carbons (Fsp3) is 0.500. The van der Waals surface area contributed by atoms with Crippen LogP contribution >= 0.6 is 0 Å². The Hall–Kier alpha value is -5.07. The lowest BCUT2D eigenvalue weighted by atomic mass is 10.0. The summed E-state index contributed by atoms with van der Waals surface area (Å²) in [6.45, 7) is 13.2. The number of likely N-dealkylation sites (tertiary alicyclic amines) is 2. The number of aromatic amines is 2. The Morgan fingerprint density at radius 1 is 0.800 bits per heavy atom. The first-order chi connectivity index (χ1) is 23.8. The fourth-order valence-electron chi connectivity index (χ4n) is 6.50. The van der Waals surface area contributed by atoms with Gasteiger partial charge in [0.15, 0.2) is 0 Å². The minimum absolute atomic E-state index is 0.0393. The maximum absolute atomic E-state index is 13.5. The number of amides is 3. The molecule has 0 saturated carbocycles. The van der Waals surface area contributed by atoms with Gasteiger partial charge in [-0.3, -0.25) is 9.59 Å². The number of alkyl carbamates (subject to hydrolysis) is 1. The van der Waals surface area contributed by atoms with Crippen molar-refractivity contribution in [3.05, 3.63) is 70.8 Å². The van der Waals surface area contributed by atoms with Gasteiger partial charge in [0.05, 0.1) is 25.2 Å². The fourth-order valence-corrected chi connectivity index (χ4v) is 6.50. The molecule has 4 heterocycles. The highest BCUT2D eigenvalue weighted by molar-refractivity contribution is 5.86. The molecule has 0 aliphatic carbocycles. The summed E-state index contributed by atoms with van der Waals surface area (Å²) >= 11 is 0. The predicted molar refractivity (Wildman–Crippen MR) is 189 cm³/mol. The van der Waals surface area contributed by atoms with E-state index in [0.717, 1.165) is 29.8 Å². The Labute approximate surface area is 294 Å². The first-order valence-corrected chi connectivity index (χ1v) is 17.3. The number of benzene rings is 1. The van der Waals surface area contributed by atoms with E-state index in [2.05, 4.69) is 52.8 Å². The van der Waals surface area contributed by atoms with Crippen molar-refractivity contribution >= 4 is 17.9 Å². The zero-order valence-electron chi connectivity index (χ0n) is 29.9. The lowest BCUT2D eigenvalue weighted by Gasteiger charge is -2.30. The standard InChI is InChI=1S/C38H48N8O4/c1-22(2)32(39)36(47)45-20-24(5)16-30(45)34-40-18-28(42-34)14-12-26-8-10-27(11-9-26)13-15-29-19-41-35(43-29)31-17-25(6)21-46(31)37(48)33(23(3)4)44-38(49)50-7/h8-11,18-19,22-25,30-33H,16-17,20-21,39H2,1-7H3,(H,40,42)(H,41,43)(H,44,49)/t24-,25-,30+,31+,32+,33+/m1/s1. The van der Waals surface area contributed by atoms with Crippen molar-refractivity contribution in [2.75, 3.05) is 20.2 Å². The maximum Gasteiger partial charge on any atom is 0.407 e. The van der Waals surface area contributed by atoms with Gasteiger partial charge < -0.3 is 35.6 Å². The Kier molecular flexibility index (Phi) is 11.3. The molecule has 1 aromatic carbocycles. The van der Waals surface area contributed by atoms with Gasteiger partial charge in [0.2, 0.25) is 11.8 Å². The highest BCUT2D eigenvalue weighted by Gasteiger charge is 2.40. The van der Waals surface area contributed by atoms with Crippen LogP contribution in [0.5, 0.6) is 0 Å². The molecule has 2 aromatic heterocycles. The van der Waals surface area contributed by atoms with Crippen LogP contribution in [0.3, 0.4) is 0 Å². The van der Waals surface area contributed by atoms with E-state index in [0.29, 0.717) is 36.2 Å². The van der Waals surface area contributed by atoms with Crippen molar-refractivity contribution in [1.29, 1.82) is 0 Å². The van der Waals surface area contributed by atoms with Gasteiger partial charge in [-0.1, -0.05) is 53.4 Å². The van der Waals surface area contributed by atoms with Gasteiger partial charge in [-0.05, 0) is 72.6 Å². The maximum atomic E-state index is 13.5. The summed E-state index contributed by atoms with van der Waals surface area (Å²) in [4.78, 5) is 58.0. The number of carbonyl (C=O) groups excluding carboxylic acids is 3. The van der Waals surface area contributed by atoms with E-state index in [1.165, 1.54) is 7.11 Å². The molecule has 3 amide bonds. The summed E-state index contributed by atoms with van der Waals surface area (Å²) in [5.41, 5.74) is 8.99. The number of imidazole rings is 2. The molecule has 0 radical (unpaired) electrons. The molecule has 5 N–H and O–H groups in total. The van der Waals surface area contributed by atoms with E-state index in [1.54, 1.807) is 17.3 Å². The van der Waals surface area contributed by atoms with Gasteiger partial charge in [-0.2, -0.15) is 0 Å². The lowest BCUT2D eigenvalue weighted by molar-refractivity contribution is -0.136. The van der Waals surface area contributed by atoms with E-state index in [9.17, 15) is 14.4 Å². The highest BCUT2D eigenvalue weighted by atomic mass is 16.5. The molecule has 12 heteroatoms. The number of H-pyrrole nitrogens is 2. The van der Waals surface area contributed by atoms with Crippen LogP contribution < -0.4 is 11.1 Å². The number of ether oxygens (including phenoxy) is 1. The van der Waals surface area contributed by atoms with Crippen LogP contribution in [0.4, 0.5) is 4.79 Å². The van der Waals surface area contributed by atoms with Crippen molar-refractivity contribution in [3.8, 4) is 23.7 Å². The Morgan fingerprint density at radius 3 is 1.68 bits per heavy atom. The number of rotatable bonds is 7. The summed E-state index contributed by atoms with van der Waals surface area (Å²) < 4.78 is 4.74. The van der Waals surface area contributed by atoms with Crippen LogP contribution in [0.2, 0.25) is 0 Å². The van der Waals surface area contributed by atoms with Crippen LogP contribution in [0.25, 0.3) is 0 Å². The third kappa shape index (κ3) is 8.38. The molecule has 0 spiro atoms. The molecular weight excluding hydrogens is 632 g/mol. The van der Waals surface area contributed by atoms with Gasteiger partial charge >= 0.3 is 6.09 Å². The number of methoxy groups -OCH3 is 1. The minimum Gasteiger partial charge on any atom is -0.453 e. The molecule has 3 aromatic rings. The Morgan fingerprint density at radius 2 is 1.26 bits per heavy atom. The molecule has 50 heavy (non-hydrogen) atoms. The average molecular weight is 681 g/mol. The third-order valence-corrected chi connectivity index (χ3v) is 9.36. The van der Waals surface area contributed by atoms with Crippen molar-refractivity contribution in [3.63, 3.8) is 0 Å². The molecule has 0 unspecified atom stereocenters. The smallest absolute Gasteiger partial charge is 0.407 e. The quantitative estimate of drug-likeness (QED) is 0.273. The second-order valence-electron chi connectivity index (χ2n) is 14.2. The van der Waals surface area contributed by atoms with Crippen LogP contribution in [0.1, 0.15) is 101 Å². The predicted octanol–water partition coefficient (Wildman–Crippen LogP) is 4.12. The van der Waals surface area contributed by atoms with E-state index in [4.69, 9.17) is 20.4 Å². The number of nitrogens with zero attached hydrogens (tertiary/aromatic N) is 4. The molecule has 12 nitrogen and oxygen atoms in total. The molecule has 6 atom stereocenters. The van der Waals surface area contributed by atoms with Gasteiger partial charge in [0, 0.05) is 36.6 Å². The van der Waals surface area contributed by atoms with Crippen LogP contribution in [0, 0.1) is 47.4 Å². The summed E-state index contributed by atoms with van der Waals surface area (Å²) in [5, 5.41) is 2.68. The van der Waals surface area contributed by atoms with Crippen LogP contribution in [-0.4, -0.2) is 79.9 Å². The van der Waals surface area contributed by atoms with Crippen molar-refractivity contribution in [1.82, 2.24) is 35.1 Å². The number of hydrogen-bond donors (Lipinski definition) is 4. The lowest BCUT2D eigenvalue weighted by Crippen LogP contribution is -2.51. The molecule has 2 saturated heterocycles. The molecule has 0 bridgehead atoms. The van der Waals surface area contributed by atoms with E-state index < -0.39 is 18.2 Å². The van der Waals surface area contributed by atoms with Crippen molar-refractivity contribution in [2.24, 2.45) is 29.4 Å². The van der Waals surface area contributed by atoms with E-state index in [1.807, 2.05) is 56.9 Å². The summed E-state index contributed by atoms with van der Waals surface area (Å²) in [6.07, 6.45) is 4.47. The molecule has 5 rings (SSSR count). The van der Waals surface area contributed by atoms with Gasteiger partial charge in [0.1, 0.15) is 29.1 Å². The SMILES string of the molecule is COC(=O)N[C@H](C(=O)N1C[C@H](C)C[C@H]1c1nc(C#Cc2ccc(C#Cc3c[nH]c([C@@H]4C[C@@H](C)CN4C(=O)[C@@H](N)C(C)C)n3)cc2)c[nH]1)C(C)C. The van der Waals surface area contributed by atoms with Gasteiger partial charge in [-0.15, -0.1) is 0 Å². The summed E-state index contributed by atoms with van der Waals surface area (Å²) in [7, 11) is 1.28. The van der Waals surface area contributed by atoms with Crippen LogP contribution in [0.15, 0.2) is 36.7 Å². The summed E-state index contributed by atoms with van der Waals surface area (Å²) in [5.74, 6) is 14.3. The number of hydrogen-bond acceptors (Lipinski definition) is 7. The zero-order valence-corrected chi connectivity index (χ0v) is 29.9. The number of aromatic nitrogens is 4. The normalized spacial score (nSPS) is 21.3. The molecular formula is C38H48N8O4. The average Bonchev–Trinajstić information content (AvgIpc) is 3.91. The first-order valence-electron chi connectivity index (χ1n) is 17.3. The van der Waals surface area contributed by atoms with E-state index >= 15 is 0 Å². The van der Waals surface area contributed by atoms with Gasteiger partial charge in [-0.25, -0.2) is 14.8 Å². The minimum atomic E-state index is -0.702. The van der Waals surface area contributed by atoms with Gasteiger partial charge in [0.25, 0.3) is 0 Å². The first kappa shape index (κ1) is 36.2. The van der Waals surface area contributed by atoms with Crippen molar-refractivity contribution in [2.45, 2.75) is 78.6 Å². The van der Waals surface area contributed by atoms with E-state index in [-0.39, 0.29) is 41.7 Å². The summed E-state index contributed by atoms with van der Waals surface area (Å²) in [6, 6.07) is 6.00. The van der Waals surface area contributed by atoms with Crippen LogP contribution in [-0.2, 0) is 14.3 Å². The van der Waals surface area contributed by atoms with Crippen molar-refractivity contribution < 1.29 is 19.1 Å². The number of nitrogens with two attached hydrogens (primary N) is 1. The Balaban J connectivity index is 1.22. The largest absolute Gasteiger partial charge is 0.453 e. The molecule has 2 aliphatic heterocycles. The topological polar surface area (TPSA) is 162 Å². The molecule has 2 fully saturated rings. The highest BCUT2D eigenvalue weighted by Crippen LogP contribution is 2.36. The second-order valence-corrected chi connectivity index (χ2v) is 14.2. The zero-order chi connectivity index (χ0) is 36.1. The second kappa shape index (κ2) is 15.6. The Bertz CT molecular complexity index is 1800. The number of carbonyl (C=O) groups is 3. The monoisotopic (exact) mass is 680 g/mol. The third-order valence-electron chi connectivity index (χ3n) is 9.36.